The Hall–Kier alpha value is -0.850. The molecule has 6 heteroatoms. The number of rotatable bonds is 3. The molecule has 114 valence electrons. The molecule has 2 N–H and O–H groups in total. The highest BCUT2D eigenvalue weighted by atomic mass is 16.6. The summed E-state index contributed by atoms with van der Waals surface area (Å²) in [5.41, 5.74) is -0.0217. The van der Waals surface area contributed by atoms with Crippen LogP contribution in [0.1, 0.15) is 25.7 Å². The highest BCUT2D eigenvalue weighted by Gasteiger charge is 2.48. The molecule has 3 saturated heterocycles. The van der Waals surface area contributed by atoms with Crippen LogP contribution in [-0.4, -0.2) is 78.5 Å². The minimum Gasteiger partial charge on any atom is -0.448 e. The first-order chi connectivity index (χ1) is 9.75. The summed E-state index contributed by atoms with van der Waals surface area (Å²) in [5, 5.41) is 12.9. The van der Waals surface area contributed by atoms with Crippen molar-refractivity contribution in [3.05, 3.63) is 0 Å². The smallest absolute Gasteiger partial charge is 0.409 e. The van der Waals surface area contributed by atoms with Gasteiger partial charge in [0.25, 0.3) is 0 Å². The summed E-state index contributed by atoms with van der Waals surface area (Å²) in [6, 6.07) is 0.288. The molecule has 6 nitrogen and oxygen atoms in total. The Kier molecular flexibility index (Phi) is 4.14. The first-order valence-corrected chi connectivity index (χ1v) is 7.75. The molecule has 0 bridgehead atoms. The lowest BCUT2D eigenvalue weighted by atomic mass is 9.95. The Morgan fingerprint density at radius 1 is 1.30 bits per heavy atom. The molecule has 2 atom stereocenters. The van der Waals surface area contributed by atoms with E-state index < -0.39 is 0 Å². The molecular weight excluding hydrogens is 258 g/mol. The van der Waals surface area contributed by atoms with Crippen molar-refractivity contribution < 1.29 is 14.6 Å². The molecule has 3 aliphatic heterocycles. The maximum absolute atomic E-state index is 12.0. The molecule has 3 heterocycles. The van der Waals surface area contributed by atoms with Crippen LogP contribution in [0.3, 0.4) is 0 Å². The molecule has 20 heavy (non-hydrogen) atoms. The van der Waals surface area contributed by atoms with E-state index in [0.717, 1.165) is 58.4 Å². The average Bonchev–Trinajstić information content (AvgIpc) is 3.05. The summed E-state index contributed by atoms with van der Waals surface area (Å²) < 4.78 is 5.50. The second-order valence-corrected chi connectivity index (χ2v) is 6.19. The van der Waals surface area contributed by atoms with Crippen molar-refractivity contribution >= 4 is 6.09 Å². The number of aliphatic hydroxyl groups excluding tert-OH is 1. The van der Waals surface area contributed by atoms with Crippen LogP contribution in [0.4, 0.5) is 4.79 Å². The Balaban J connectivity index is 1.50. The van der Waals surface area contributed by atoms with E-state index in [9.17, 15) is 9.90 Å². The lowest BCUT2D eigenvalue weighted by Crippen LogP contribution is -2.49. The van der Waals surface area contributed by atoms with Crippen molar-refractivity contribution in [2.24, 2.45) is 0 Å². The topological polar surface area (TPSA) is 65.0 Å². The molecule has 0 aromatic rings. The minimum atomic E-state index is -0.188. The highest BCUT2D eigenvalue weighted by molar-refractivity contribution is 5.67. The Bertz CT molecular complexity index is 360. The maximum atomic E-state index is 12.0. The van der Waals surface area contributed by atoms with Gasteiger partial charge in [0.05, 0.1) is 6.61 Å². The maximum Gasteiger partial charge on any atom is 0.409 e. The van der Waals surface area contributed by atoms with Crippen molar-refractivity contribution in [2.45, 2.75) is 37.3 Å². The van der Waals surface area contributed by atoms with E-state index in [1.165, 1.54) is 0 Å². The number of hydrogen-bond donors (Lipinski definition) is 2. The number of fused-ring (bicyclic) bond motifs is 1. The zero-order valence-corrected chi connectivity index (χ0v) is 12.0. The van der Waals surface area contributed by atoms with E-state index >= 15 is 0 Å². The zero-order valence-electron chi connectivity index (χ0n) is 12.0. The van der Waals surface area contributed by atoms with Crippen molar-refractivity contribution in [3.8, 4) is 0 Å². The van der Waals surface area contributed by atoms with Gasteiger partial charge in [0.15, 0.2) is 0 Å². The summed E-state index contributed by atoms with van der Waals surface area (Å²) in [4.78, 5) is 16.1. The number of aliphatic hydroxyl groups is 1. The molecule has 0 spiro atoms. The minimum absolute atomic E-state index is 0.0217. The number of hydrogen-bond acceptors (Lipinski definition) is 5. The quantitative estimate of drug-likeness (QED) is 0.764. The van der Waals surface area contributed by atoms with Crippen LogP contribution < -0.4 is 5.32 Å². The fourth-order valence-corrected chi connectivity index (χ4v) is 3.92. The molecule has 0 saturated carbocycles. The third-order valence-corrected chi connectivity index (χ3v) is 5.10. The molecule has 0 aliphatic carbocycles. The zero-order chi connectivity index (χ0) is 14.0. The van der Waals surface area contributed by atoms with Crippen LogP contribution in [0, 0.1) is 0 Å². The number of nitrogens with zero attached hydrogens (tertiary/aromatic N) is 2. The van der Waals surface area contributed by atoms with Gasteiger partial charge in [0.2, 0.25) is 0 Å². The van der Waals surface area contributed by atoms with Gasteiger partial charge in [-0.25, -0.2) is 4.79 Å². The predicted molar refractivity (Wildman–Crippen MR) is 74.6 cm³/mol. The van der Waals surface area contributed by atoms with Crippen LogP contribution in [-0.2, 0) is 4.74 Å². The molecular formula is C14H25N3O3. The van der Waals surface area contributed by atoms with Crippen LogP contribution in [0.15, 0.2) is 0 Å². The third-order valence-electron chi connectivity index (χ3n) is 5.10. The Morgan fingerprint density at radius 3 is 2.85 bits per heavy atom. The van der Waals surface area contributed by atoms with E-state index in [1.54, 1.807) is 4.90 Å². The van der Waals surface area contributed by atoms with E-state index in [1.807, 2.05) is 0 Å². The Labute approximate surface area is 120 Å². The lowest BCUT2D eigenvalue weighted by molar-refractivity contribution is 0.0397. The van der Waals surface area contributed by atoms with Crippen LogP contribution in [0.25, 0.3) is 0 Å². The predicted octanol–water partition coefficient (Wildman–Crippen LogP) is 0.0175. The molecule has 3 fully saturated rings. The third kappa shape index (κ3) is 2.52. The van der Waals surface area contributed by atoms with E-state index in [2.05, 4.69) is 10.2 Å². The lowest BCUT2D eigenvalue weighted by Gasteiger charge is -2.33. The number of ether oxygens (including phenoxy) is 1. The monoisotopic (exact) mass is 283 g/mol. The van der Waals surface area contributed by atoms with Crippen LogP contribution >= 0.6 is 0 Å². The SMILES string of the molecule is O=C(OC[C@H]1CC[C@@]2(CO)CCCN12)N1CCNCC1. The van der Waals surface area contributed by atoms with Gasteiger partial charge in [-0.1, -0.05) is 0 Å². The first-order valence-electron chi connectivity index (χ1n) is 7.75. The van der Waals surface area contributed by atoms with Crippen molar-refractivity contribution in [1.82, 2.24) is 15.1 Å². The standard InChI is InChI=1S/C14H25N3O3/c18-11-14-3-1-7-17(14)12(2-4-14)10-20-13(19)16-8-5-15-6-9-16/h12,15,18H,1-11H2/t12-,14-/m1/s1. The number of carbonyl (C=O) groups is 1. The molecule has 3 rings (SSSR count). The summed E-state index contributed by atoms with van der Waals surface area (Å²) in [6.45, 7) is 4.87. The van der Waals surface area contributed by atoms with Crippen LogP contribution in [0.2, 0.25) is 0 Å². The van der Waals surface area contributed by atoms with Gasteiger partial charge in [-0.3, -0.25) is 4.90 Å². The highest BCUT2D eigenvalue weighted by Crippen LogP contribution is 2.41. The Morgan fingerprint density at radius 2 is 2.10 bits per heavy atom. The first kappa shape index (κ1) is 14.1. The number of carbonyl (C=O) groups excluding carboxylic acids is 1. The fourth-order valence-electron chi connectivity index (χ4n) is 3.92. The molecule has 0 radical (unpaired) electrons. The summed E-state index contributed by atoms with van der Waals surface area (Å²) in [6.07, 6.45) is 4.08. The largest absolute Gasteiger partial charge is 0.448 e. The summed E-state index contributed by atoms with van der Waals surface area (Å²) >= 11 is 0. The van der Waals surface area contributed by atoms with Crippen molar-refractivity contribution in [3.63, 3.8) is 0 Å². The van der Waals surface area contributed by atoms with Gasteiger partial charge >= 0.3 is 6.09 Å². The van der Waals surface area contributed by atoms with Gasteiger partial charge in [0, 0.05) is 37.8 Å². The second-order valence-electron chi connectivity index (χ2n) is 6.19. The molecule has 3 aliphatic rings. The number of piperazine rings is 1. The summed E-state index contributed by atoms with van der Waals surface area (Å²) in [7, 11) is 0. The molecule has 0 aromatic carbocycles. The molecule has 0 aromatic heterocycles. The average molecular weight is 283 g/mol. The molecule has 1 amide bonds. The van der Waals surface area contributed by atoms with Gasteiger partial charge in [0.1, 0.15) is 6.61 Å². The van der Waals surface area contributed by atoms with Gasteiger partial charge in [-0.2, -0.15) is 0 Å². The van der Waals surface area contributed by atoms with Crippen molar-refractivity contribution in [2.75, 3.05) is 45.9 Å². The number of nitrogens with one attached hydrogen (secondary N) is 1. The van der Waals surface area contributed by atoms with Gasteiger partial charge < -0.3 is 20.1 Å². The van der Waals surface area contributed by atoms with E-state index in [4.69, 9.17) is 4.74 Å². The van der Waals surface area contributed by atoms with Crippen molar-refractivity contribution in [1.29, 1.82) is 0 Å². The van der Waals surface area contributed by atoms with Crippen LogP contribution in [0.5, 0.6) is 0 Å². The second kappa shape index (κ2) is 5.87. The molecule has 0 unspecified atom stereocenters. The van der Waals surface area contributed by atoms with E-state index in [-0.39, 0.29) is 24.3 Å². The number of amides is 1. The normalized spacial score (nSPS) is 34.2. The van der Waals surface area contributed by atoms with Gasteiger partial charge in [-0.15, -0.1) is 0 Å². The summed E-state index contributed by atoms with van der Waals surface area (Å²) in [5.74, 6) is 0. The fraction of sp³-hybridized carbons (Fsp3) is 0.929. The van der Waals surface area contributed by atoms with E-state index in [0.29, 0.717) is 6.61 Å². The van der Waals surface area contributed by atoms with Gasteiger partial charge in [-0.05, 0) is 32.2 Å².